The lowest BCUT2D eigenvalue weighted by atomic mass is 9.97. The largest absolute Gasteiger partial charge is 0.444 e. The Labute approximate surface area is 251 Å². The molecule has 0 radical (unpaired) electrons. The Bertz CT molecular complexity index is 1080. The molecule has 3 nitrogen and oxygen atoms in total. The fourth-order valence-corrected chi connectivity index (χ4v) is 6.19. The molecule has 3 aromatic rings. The number of carbonyl (C=O) groups is 1. The summed E-state index contributed by atoms with van der Waals surface area (Å²) in [5, 5.41) is 4.71. The van der Waals surface area contributed by atoms with Gasteiger partial charge in [0.1, 0.15) is 6.61 Å². The summed E-state index contributed by atoms with van der Waals surface area (Å²) in [6.45, 7) is 11.0. The summed E-state index contributed by atoms with van der Waals surface area (Å²) in [5.74, 6) is 0.960. The summed E-state index contributed by atoms with van der Waals surface area (Å²) in [5.41, 5.74) is 1.10. The first-order valence-corrected chi connectivity index (χ1v) is 16.8. The predicted octanol–water partition coefficient (Wildman–Crippen LogP) is 11.7. The molecule has 0 fully saturated rings. The monoisotopic (exact) mass is 559 g/mol. The lowest BCUT2D eigenvalue weighted by molar-refractivity contribution is 0.0848. The minimum absolute atomic E-state index is 0.161. The van der Waals surface area contributed by atoms with Gasteiger partial charge in [-0.3, -0.25) is 0 Å². The predicted molar refractivity (Wildman–Crippen MR) is 178 cm³/mol. The number of nitrogens with zero attached hydrogens (tertiary/aromatic N) is 1. The van der Waals surface area contributed by atoms with E-state index in [1.54, 1.807) is 0 Å². The van der Waals surface area contributed by atoms with Crippen molar-refractivity contribution in [3.8, 4) is 0 Å². The van der Waals surface area contributed by atoms with Gasteiger partial charge in [0, 0.05) is 18.7 Å². The Morgan fingerprint density at radius 1 is 0.659 bits per heavy atom. The van der Waals surface area contributed by atoms with Crippen LogP contribution >= 0.6 is 0 Å². The standard InChI is InChI=1S/C38H57NO2/c1-5-7-9-11-13-15-21-31(3)28-39(29-32(4)22-16-14-12-10-8-6-2)38(40)41-30-37-35-25-19-17-23-33(35)27-34-24-18-20-26-36(34)37/h17-20,23-27,31-32H,5-16,21-22,28-30H2,1-4H3. The summed E-state index contributed by atoms with van der Waals surface area (Å²) in [6.07, 6.45) is 17.9. The Hall–Kier alpha value is -2.55. The second kappa shape index (κ2) is 18.8. The van der Waals surface area contributed by atoms with E-state index in [0.29, 0.717) is 18.4 Å². The number of fused-ring (bicyclic) bond motifs is 2. The van der Waals surface area contributed by atoms with Crippen LogP contribution in [0, 0.1) is 11.8 Å². The van der Waals surface area contributed by atoms with Crippen LogP contribution in [-0.2, 0) is 11.3 Å². The lowest BCUT2D eigenvalue weighted by Crippen LogP contribution is -2.38. The molecule has 0 saturated carbocycles. The highest BCUT2D eigenvalue weighted by molar-refractivity contribution is 6.02. The van der Waals surface area contributed by atoms with E-state index in [-0.39, 0.29) is 6.09 Å². The normalized spacial score (nSPS) is 13.0. The smallest absolute Gasteiger partial charge is 0.410 e. The highest BCUT2D eigenvalue weighted by Gasteiger charge is 2.21. The van der Waals surface area contributed by atoms with Crippen LogP contribution in [0.25, 0.3) is 21.5 Å². The van der Waals surface area contributed by atoms with Crippen LogP contribution in [0.5, 0.6) is 0 Å². The van der Waals surface area contributed by atoms with E-state index in [9.17, 15) is 4.79 Å². The third-order valence-electron chi connectivity index (χ3n) is 8.65. The van der Waals surface area contributed by atoms with Crippen molar-refractivity contribution in [3.05, 3.63) is 60.2 Å². The minimum Gasteiger partial charge on any atom is -0.444 e. The topological polar surface area (TPSA) is 29.5 Å². The number of unbranched alkanes of at least 4 members (excludes halogenated alkanes) is 10. The zero-order valence-electron chi connectivity index (χ0n) is 26.6. The number of amides is 1. The summed E-state index contributed by atoms with van der Waals surface area (Å²) in [7, 11) is 0. The fourth-order valence-electron chi connectivity index (χ4n) is 6.19. The molecule has 0 heterocycles. The van der Waals surface area contributed by atoms with E-state index < -0.39 is 0 Å². The summed E-state index contributed by atoms with van der Waals surface area (Å²) >= 11 is 0. The van der Waals surface area contributed by atoms with Gasteiger partial charge in [-0.1, -0.05) is 153 Å². The number of rotatable bonds is 20. The number of hydrogen-bond donors (Lipinski definition) is 0. The minimum atomic E-state index is -0.161. The van der Waals surface area contributed by atoms with Gasteiger partial charge in [0.25, 0.3) is 0 Å². The number of ether oxygens (including phenoxy) is 1. The summed E-state index contributed by atoms with van der Waals surface area (Å²) in [4.78, 5) is 15.7. The molecular weight excluding hydrogens is 502 g/mol. The molecule has 0 saturated heterocycles. The molecular formula is C38H57NO2. The Balaban J connectivity index is 1.64. The van der Waals surface area contributed by atoms with Gasteiger partial charge in [-0.2, -0.15) is 0 Å². The van der Waals surface area contributed by atoms with Crippen molar-refractivity contribution in [1.82, 2.24) is 4.90 Å². The molecule has 2 unspecified atom stereocenters. The molecule has 0 aromatic heterocycles. The van der Waals surface area contributed by atoms with Crippen LogP contribution in [-0.4, -0.2) is 24.1 Å². The third kappa shape index (κ3) is 11.3. The number of hydrogen-bond acceptors (Lipinski definition) is 2. The zero-order chi connectivity index (χ0) is 29.3. The fraction of sp³-hybridized carbons (Fsp3) is 0.605. The van der Waals surface area contributed by atoms with Gasteiger partial charge >= 0.3 is 6.09 Å². The van der Waals surface area contributed by atoms with Crippen LogP contribution in [0.15, 0.2) is 54.6 Å². The van der Waals surface area contributed by atoms with Gasteiger partial charge in [-0.05, 0) is 52.3 Å². The molecule has 2 atom stereocenters. The zero-order valence-corrected chi connectivity index (χ0v) is 26.6. The summed E-state index contributed by atoms with van der Waals surface area (Å²) < 4.78 is 6.14. The molecule has 0 spiro atoms. The van der Waals surface area contributed by atoms with Crippen LogP contribution in [0.4, 0.5) is 4.79 Å². The van der Waals surface area contributed by atoms with Crippen molar-refractivity contribution in [2.75, 3.05) is 13.1 Å². The molecule has 3 rings (SSSR count). The molecule has 3 aromatic carbocycles. The van der Waals surface area contributed by atoms with E-state index in [0.717, 1.165) is 18.7 Å². The van der Waals surface area contributed by atoms with E-state index in [2.05, 4.69) is 82.3 Å². The van der Waals surface area contributed by atoms with Gasteiger partial charge in [0.05, 0.1) is 0 Å². The van der Waals surface area contributed by atoms with Crippen molar-refractivity contribution in [1.29, 1.82) is 0 Å². The second-order valence-corrected chi connectivity index (χ2v) is 12.6. The van der Waals surface area contributed by atoms with Crippen molar-refractivity contribution in [2.24, 2.45) is 11.8 Å². The first-order valence-electron chi connectivity index (χ1n) is 16.8. The highest BCUT2D eigenvalue weighted by Crippen LogP contribution is 2.29. The maximum absolute atomic E-state index is 13.7. The van der Waals surface area contributed by atoms with E-state index in [4.69, 9.17) is 4.74 Å². The van der Waals surface area contributed by atoms with Gasteiger partial charge in [-0.25, -0.2) is 4.79 Å². The highest BCUT2D eigenvalue weighted by atomic mass is 16.6. The van der Waals surface area contributed by atoms with Crippen LogP contribution < -0.4 is 0 Å². The average molecular weight is 560 g/mol. The number of carbonyl (C=O) groups excluding carboxylic acids is 1. The van der Waals surface area contributed by atoms with Crippen molar-refractivity contribution < 1.29 is 9.53 Å². The van der Waals surface area contributed by atoms with Gasteiger partial charge in [-0.15, -0.1) is 0 Å². The van der Waals surface area contributed by atoms with Crippen molar-refractivity contribution in [2.45, 2.75) is 124 Å². The summed E-state index contributed by atoms with van der Waals surface area (Å²) in [6, 6.07) is 19.1. The van der Waals surface area contributed by atoms with E-state index >= 15 is 0 Å². The molecule has 41 heavy (non-hydrogen) atoms. The van der Waals surface area contributed by atoms with Crippen LogP contribution in [0.2, 0.25) is 0 Å². The second-order valence-electron chi connectivity index (χ2n) is 12.6. The van der Waals surface area contributed by atoms with E-state index in [1.807, 2.05) is 4.90 Å². The molecule has 0 aliphatic rings. The quantitative estimate of drug-likeness (QED) is 0.102. The molecule has 0 bridgehead atoms. The van der Waals surface area contributed by atoms with Crippen LogP contribution in [0.1, 0.15) is 123 Å². The Kier molecular flexibility index (Phi) is 15.1. The number of benzene rings is 3. The molecule has 226 valence electrons. The lowest BCUT2D eigenvalue weighted by Gasteiger charge is -2.28. The molecule has 0 aliphatic carbocycles. The average Bonchev–Trinajstić information content (AvgIpc) is 2.98. The molecule has 1 amide bonds. The molecule has 0 aliphatic heterocycles. The molecule has 0 N–H and O–H groups in total. The third-order valence-corrected chi connectivity index (χ3v) is 8.65. The Morgan fingerprint density at radius 2 is 1.10 bits per heavy atom. The van der Waals surface area contributed by atoms with Crippen LogP contribution in [0.3, 0.4) is 0 Å². The SMILES string of the molecule is CCCCCCCCC(C)CN(CC(C)CCCCCCCC)C(=O)OCc1c2ccccc2cc2ccccc12. The molecule has 3 heteroatoms. The maximum atomic E-state index is 13.7. The van der Waals surface area contributed by atoms with Gasteiger partial charge < -0.3 is 9.64 Å². The van der Waals surface area contributed by atoms with E-state index in [1.165, 1.54) is 111 Å². The van der Waals surface area contributed by atoms with Gasteiger partial charge in [0.2, 0.25) is 0 Å². The first-order chi connectivity index (χ1) is 20.0. The van der Waals surface area contributed by atoms with Crippen molar-refractivity contribution in [3.63, 3.8) is 0 Å². The van der Waals surface area contributed by atoms with Gasteiger partial charge in [0.15, 0.2) is 0 Å². The Morgan fingerprint density at radius 3 is 1.59 bits per heavy atom. The first kappa shape index (κ1) is 33.0. The maximum Gasteiger partial charge on any atom is 0.410 e. The van der Waals surface area contributed by atoms with Crippen molar-refractivity contribution >= 4 is 27.6 Å².